The van der Waals surface area contributed by atoms with Gasteiger partial charge in [-0.25, -0.2) is 4.39 Å². The maximum Gasteiger partial charge on any atom is 0.148 e. The van der Waals surface area contributed by atoms with Gasteiger partial charge in [-0.15, -0.1) is 0 Å². The molecule has 1 aliphatic heterocycles. The van der Waals surface area contributed by atoms with Gasteiger partial charge >= 0.3 is 0 Å². The third-order valence-corrected chi connectivity index (χ3v) is 2.59. The molecule has 3 N–H and O–H groups in total. The smallest absolute Gasteiger partial charge is 0.148 e. The predicted molar refractivity (Wildman–Crippen MR) is 58.3 cm³/mol. The Hall–Kier alpha value is -1.29. The molecule has 1 aromatic rings. The van der Waals surface area contributed by atoms with Gasteiger partial charge in [0.05, 0.1) is 5.69 Å². The molecule has 2 rings (SSSR count). The summed E-state index contributed by atoms with van der Waals surface area (Å²) in [6.45, 7) is 1.55. The number of hydrogen-bond acceptors (Lipinski definition) is 3. The molecule has 0 aliphatic carbocycles. The van der Waals surface area contributed by atoms with Crippen LogP contribution in [0, 0.1) is 5.82 Å². The lowest BCUT2D eigenvalue weighted by Gasteiger charge is -2.24. The molecule has 0 unspecified atom stereocenters. The summed E-state index contributed by atoms with van der Waals surface area (Å²) in [5.74, 6) is -0.368. The summed E-state index contributed by atoms with van der Waals surface area (Å²) >= 11 is 0. The molecule has 0 bridgehead atoms. The zero-order valence-corrected chi connectivity index (χ0v) is 8.50. The van der Waals surface area contributed by atoms with Gasteiger partial charge in [-0.05, 0) is 31.0 Å². The lowest BCUT2D eigenvalue weighted by Crippen LogP contribution is -2.27. The number of nitrogens with one attached hydrogen (secondary N) is 1. The lowest BCUT2D eigenvalue weighted by molar-refractivity contribution is 0.0904. The Morgan fingerprint density at radius 1 is 1.33 bits per heavy atom. The minimum atomic E-state index is -0.368. The van der Waals surface area contributed by atoms with Gasteiger partial charge in [-0.3, -0.25) is 0 Å². The average molecular weight is 210 g/mol. The normalized spacial score (nSPS) is 17.7. The van der Waals surface area contributed by atoms with E-state index in [0.29, 0.717) is 6.04 Å². The van der Waals surface area contributed by atoms with E-state index in [1.807, 2.05) is 0 Å². The minimum Gasteiger partial charge on any atom is -0.396 e. The second-order valence-electron chi connectivity index (χ2n) is 3.77. The molecule has 3 nitrogen and oxygen atoms in total. The van der Waals surface area contributed by atoms with Gasteiger partial charge in [-0.2, -0.15) is 0 Å². The number of rotatable bonds is 2. The number of ether oxygens (including phenoxy) is 1. The predicted octanol–water partition coefficient (Wildman–Crippen LogP) is 2.00. The zero-order chi connectivity index (χ0) is 10.7. The van der Waals surface area contributed by atoms with Gasteiger partial charge in [0.2, 0.25) is 0 Å². The van der Waals surface area contributed by atoms with Crippen LogP contribution in [0.3, 0.4) is 0 Å². The fourth-order valence-electron chi connectivity index (χ4n) is 1.69. The van der Waals surface area contributed by atoms with E-state index in [4.69, 9.17) is 10.5 Å². The number of benzene rings is 1. The molecule has 4 heteroatoms. The van der Waals surface area contributed by atoms with Gasteiger partial charge in [-0.1, -0.05) is 0 Å². The van der Waals surface area contributed by atoms with Crippen molar-refractivity contribution in [2.75, 3.05) is 24.3 Å². The van der Waals surface area contributed by atoms with Crippen LogP contribution in [0.5, 0.6) is 0 Å². The van der Waals surface area contributed by atoms with E-state index in [1.54, 1.807) is 12.1 Å². The van der Waals surface area contributed by atoms with E-state index in [9.17, 15) is 4.39 Å². The van der Waals surface area contributed by atoms with Gasteiger partial charge < -0.3 is 15.8 Å². The number of nitrogens with two attached hydrogens (primary N) is 1. The second kappa shape index (κ2) is 4.49. The first-order chi connectivity index (χ1) is 7.25. The first-order valence-electron chi connectivity index (χ1n) is 5.15. The van der Waals surface area contributed by atoms with Crippen molar-refractivity contribution in [1.29, 1.82) is 0 Å². The summed E-state index contributed by atoms with van der Waals surface area (Å²) in [6.07, 6.45) is 1.93. The molecule has 0 atom stereocenters. The summed E-state index contributed by atoms with van der Waals surface area (Å²) in [6, 6.07) is 5.19. The number of halogens is 1. The van der Waals surface area contributed by atoms with Crippen LogP contribution < -0.4 is 11.1 Å². The molecule has 15 heavy (non-hydrogen) atoms. The maximum atomic E-state index is 13.1. The molecule has 1 heterocycles. The summed E-state index contributed by atoms with van der Waals surface area (Å²) in [5.41, 5.74) is 6.37. The van der Waals surface area contributed by atoms with E-state index in [0.717, 1.165) is 31.7 Å². The van der Waals surface area contributed by atoms with Crippen molar-refractivity contribution >= 4 is 11.4 Å². The topological polar surface area (TPSA) is 47.3 Å². The average Bonchev–Trinajstić information content (AvgIpc) is 2.25. The minimum absolute atomic E-state index is 0.188. The Morgan fingerprint density at radius 2 is 2.07 bits per heavy atom. The quantitative estimate of drug-likeness (QED) is 0.734. The molecule has 0 amide bonds. The van der Waals surface area contributed by atoms with Crippen LogP contribution >= 0.6 is 0 Å². The van der Waals surface area contributed by atoms with Crippen molar-refractivity contribution < 1.29 is 9.13 Å². The summed E-state index contributed by atoms with van der Waals surface area (Å²) in [4.78, 5) is 0. The zero-order valence-electron chi connectivity index (χ0n) is 8.50. The maximum absolute atomic E-state index is 13.1. The lowest BCUT2D eigenvalue weighted by atomic mass is 10.1. The summed E-state index contributed by atoms with van der Waals surface area (Å²) < 4.78 is 18.4. The van der Waals surface area contributed by atoms with E-state index in [-0.39, 0.29) is 11.5 Å². The highest BCUT2D eigenvalue weighted by atomic mass is 19.1. The molecule has 0 spiro atoms. The van der Waals surface area contributed by atoms with Crippen LogP contribution in [0.15, 0.2) is 18.2 Å². The van der Waals surface area contributed by atoms with Crippen LogP contribution in [-0.2, 0) is 4.74 Å². The Kier molecular flexibility index (Phi) is 3.06. The Morgan fingerprint density at radius 3 is 2.73 bits per heavy atom. The molecule has 1 aromatic carbocycles. The van der Waals surface area contributed by atoms with Crippen molar-refractivity contribution in [2.45, 2.75) is 18.9 Å². The molecular weight excluding hydrogens is 195 g/mol. The van der Waals surface area contributed by atoms with E-state index in [1.165, 1.54) is 6.07 Å². The second-order valence-corrected chi connectivity index (χ2v) is 3.77. The monoisotopic (exact) mass is 210 g/mol. The van der Waals surface area contributed by atoms with E-state index < -0.39 is 0 Å². The van der Waals surface area contributed by atoms with Crippen LogP contribution in [0.25, 0.3) is 0 Å². The SMILES string of the molecule is Nc1ccc(NC2CCOCC2)cc1F. The third kappa shape index (κ3) is 2.59. The van der Waals surface area contributed by atoms with Gasteiger partial charge in [0.15, 0.2) is 0 Å². The van der Waals surface area contributed by atoms with Gasteiger partial charge in [0, 0.05) is 24.9 Å². The van der Waals surface area contributed by atoms with Crippen molar-refractivity contribution in [3.63, 3.8) is 0 Å². The molecule has 0 aromatic heterocycles. The summed E-state index contributed by atoms with van der Waals surface area (Å²) in [5, 5.41) is 3.27. The highest BCUT2D eigenvalue weighted by Gasteiger charge is 2.13. The van der Waals surface area contributed by atoms with Crippen molar-refractivity contribution in [1.82, 2.24) is 0 Å². The van der Waals surface area contributed by atoms with Crippen LogP contribution in [-0.4, -0.2) is 19.3 Å². The first-order valence-corrected chi connectivity index (χ1v) is 5.15. The van der Waals surface area contributed by atoms with Crippen molar-refractivity contribution in [3.8, 4) is 0 Å². The van der Waals surface area contributed by atoms with Gasteiger partial charge in [0.25, 0.3) is 0 Å². The third-order valence-electron chi connectivity index (χ3n) is 2.59. The number of anilines is 2. The Labute approximate surface area is 88.4 Å². The van der Waals surface area contributed by atoms with Crippen LogP contribution in [0.4, 0.5) is 15.8 Å². The van der Waals surface area contributed by atoms with Gasteiger partial charge in [0.1, 0.15) is 5.82 Å². The first kappa shape index (κ1) is 10.2. The molecule has 1 aliphatic rings. The molecule has 0 radical (unpaired) electrons. The number of hydrogen-bond donors (Lipinski definition) is 2. The highest BCUT2D eigenvalue weighted by molar-refractivity contribution is 5.52. The Bertz CT molecular complexity index is 337. The molecule has 1 saturated heterocycles. The summed E-state index contributed by atoms with van der Waals surface area (Å²) in [7, 11) is 0. The fraction of sp³-hybridized carbons (Fsp3) is 0.455. The van der Waals surface area contributed by atoms with Crippen molar-refractivity contribution in [3.05, 3.63) is 24.0 Å². The van der Waals surface area contributed by atoms with E-state index >= 15 is 0 Å². The van der Waals surface area contributed by atoms with Crippen LogP contribution in [0.1, 0.15) is 12.8 Å². The van der Waals surface area contributed by atoms with E-state index in [2.05, 4.69) is 5.32 Å². The van der Waals surface area contributed by atoms with Crippen molar-refractivity contribution in [2.24, 2.45) is 0 Å². The molecular formula is C11H15FN2O. The van der Waals surface area contributed by atoms with Crippen LogP contribution in [0.2, 0.25) is 0 Å². The molecule has 1 fully saturated rings. The molecule has 0 saturated carbocycles. The fourth-order valence-corrected chi connectivity index (χ4v) is 1.69. The standard InChI is InChI=1S/C11H15FN2O/c12-10-7-9(1-2-11(10)13)14-8-3-5-15-6-4-8/h1-2,7-8,14H,3-6,13H2. The highest BCUT2D eigenvalue weighted by Crippen LogP contribution is 2.19. The Balaban J connectivity index is 2.00. The largest absolute Gasteiger partial charge is 0.396 e. The molecule has 82 valence electrons. The number of nitrogen functional groups attached to an aromatic ring is 1.